The van der Waals surface area contributed by atoms with Crippen molar-refractivity contribution in [3.63, 3.8) is 0 Å². The Morgan fingerprint density at radius 3 is 1.78 bits per heavy atom. The van der Waals surface area contributed by atoms with Gasteiger partial charge in [0.15, 0.2) is 0 Å². The molecule has 3 aromatic carbocycles. The van der Waals surface area contributed by atoms with Gasteiger partial charge < -0.3 is 10.1 Å². The lowest BCUT2D eigenvalue weighted by Crippen LogP contribution is -2.41. The molecule has 7 heteroatoms. The number of anilines is 1. The minimum Gasteiger partial charge on any atom is -0.494 e. The van der Waals surface area contributed by atoms with Crippen LogP contribution in [0.15, 0.2) is 78.9 Å². The Hall–Kier alpha value is -4.13. The highest BCUT2D eigenvalue weighted by Gasteiger charge is 2.10. The summed E-state index contributed by atoms with van der Waals surface area (Å²) in [6.45, 7) is 2.72. The Labute approximate surface area is 186 Å². The van der Waals surface area contributed by atoms with Crippen molar-refractivity contribution in [2.75, 3.05) is 11.9 Å². The zero-order valence-corrected chi connectivity index (χ0v) is 17.8. The van der Waals surface area contributed by atoms with Crippen LogP contribution in [0, 0.1) is 0 Å². The molecule has 0 unspecified atom stereocenters. The molecule has 3 amide bonds. The summed E-state index contributed by atoms with van der Waals surface area (Å²) in [4.78, 5) is 36.7. The summed E-state index contributed by atoms with van der Waals surface area (Å²) in [6.07, 6.45) is 2.01. The maximum atomic E-state index is 12.3. The van der Waals surface area contributed by atoms with Crippen LogP contribution < -0.4 is 20.9 Å². The number of carbonyl (C=O) groups excluding carboxylic acids is 3. The quantitative estimate of drug-likeness (QED) is 0.368. The number of carbonyl (C=O) groups is 3. The fraction of sp³-hybridized carbons (Fsp3) is 0.160. The molecule has 3 rings (SSSR count). The predicted octanol–water partition coefficient (Wildman–Crippen LogP) is 4.19. The molecule has 0 aliphatic carbocycles. The van der Waals surface area contributed by atoms with Crippen molar-refractivity contribution in [3.8, 4) is 5.75 Å². The molecule has 0 fully saturated rings. The normalized spacial score (nSPS) is 10.2. The lowest BCUT2D eigenvalue weighted by molar-refractivity contribution is 0.0846. The Kier molecular flexibility index (Phi) is 7.97. The average molecular weight is 431 g/mol. The molecule has 0 heterocycles. The van der Waals surface area contributed by atoms with Crippen LogP contribution in [-0.2, 0) is 0 Å². The van der Waals surface area contributed by atoms with E-state index in [0.29, 0.717) is 34.7 Å². The topological polar surface area (TPSA) is 96.5 Å². The van der Waals surface area contributed by atoms with E-state index >= 15 is 0 Å². The van der Waals surface area contributed by atoms with Gasteiger partial charge in [-0.15, -0.1) is 0 Å². The predicted molar refractivity (Wildman–Crippen MR) is 123 cm³/mol. The van der Waals surface area contributed by atoms with Crippen LogP contribution >= 0.6 is 0 Å². The summed E-state index contributed by atoms with van der Waals surface area (Å²) in [5.41, 5.74) is 6.60. The Morgan fingerprint density at radius 2 is 1.22 bits per heavy atom. The molecule has 32 heavy (non-hydrogen) atoms. The largest absolute Gasteiger partial charge is 0.494 e. The van der Waals surface area contributed by atoms with Crippen LogP contribution in [0.25, 0.3) is 0 Å². The average Bonchev–Trinajstić information content (AvgIpc) is 2.84. The molecule has 0 saturated carbocycles. The first-order valence-electron chi connectivity index (χ1n) is 10.4. The number of hydrogen-bond acceptors (Lipinski definition) is 4. The summed E-state index contributed by atoms with van der Waals surface area (Å²) in [5.74, 6) is -0.459. The van der Waals surface area contributed by atoms with Gasteiger partial charge in [0.05, 0.1) is 6.61 Å². The van der Waals surface area contributed by atoms with Crippen molar-refractivity contribution in [2.45, 2.75) is 19.8 Å². The number of amides is 3. The highest BCUT2D eigenvalue weighted by Crippen LogP contribution is 2.13. The molecule has 0 aromatic heterocycles. The van der Waals surface area contributed by atoms with Crippen molar-refractivity contribution in [2.24, 2.45) is 0 Å². The minimum atomic E-state index is -0.473. The fourth-order valence-electron chi connectivity index (χ4n) is 2.79. The second kappa shape index (κ2) is 11.3. The van der Waals surface area contributed by atoms with E-state index in [4.69, 9.17) is 4.74 Å². The Balaban J connectivity index is 1.49. The molecule has 0 radical (unpaired) electrons. The lowest BCUT2D eigenvalue weighted by Gasteiger charge is -2.10. The van der Waals surface area contributed by atoms with Crippen LogP contribution in [0.1, 0.15) is 50.8 Å². The van der Waals surface area contributed by atoms with Gasteiger partial charge in [-0.25, -0.2) is 0 Å². The zero-order chi connectivity index (χ0) is 22.8. The molecule has 164 valence electrons. The summed E-state index contributed by atoms with van der Waals surface area (Å²) in [7, 11) is 0. The number of hydrazine groups is 1. The smallest absolute Gasteiger partial charge is 0.269 e. The number of rotatable bonds is 8. The number of hydrogen-bond donors (Lipinski definition) is 3. The van der Waals surface area contributed by atoms with Crippen molar-refractivity contribution in [1.29, 1.82) is 0 Å². The second-order valence-corrected chi connectivity index (χ2v) is 7.03. The summed E-state index contributed by atoms with van der Waals surface area (Å²) in [5, 5.41) is 2.77. The molecule has 0 spiro atoms. The number of nitrogens with one attached hydrogen (secondary N) is 3. The number of unbranched alkanes of at least 4 members (excludes halogenated alkanes) is 1. The third kappa shape index (κ3) is 6.43. The molecule has 3 aromatic rings. The Morgan fingerprint density at radius 1 is 0.688 bits per heavy atom. The summed E-state index contributed by atoms with van der Waals surface area (Å²) >= 11 is 0. The van der Waals surface area contributed by atoms with E-state index in [2.05, 4.69) is 23.1 Å². The van der Waals surface area contributed by atoms with Crippen LogP contribution in [-0.4, -0.2) is 24.3 Å². The van der Waals surface area contributed by atoms with Gasteiger partial charge in [-0.1, -0.05) is 31.5 Å². The van der Waals surface area contributed by atoms with Gasteiger partial charge in [0, 0.05) is 22.4 Å². The van der Waals surface area contributed by atoms with Crippen molar-refractivity contribution in [3.05, 3.63) is 95.6 Å². The SMILES string of the molecule is CCCCOc1ccc(C(=O)NNC(=O)c2ccc(NC(=O)c3ccccc3)cc2)cc1. The zero-order valence-electron chi connectivity index (χ0n) is 17.8. The van der Waals surface area contributed by atoms with Crippen molar-refractivity contribution in [1.82, 2.24) is 10.9 Å². The molecule has 3 N–H and O–H groups in total. The van der Waals surface area contributed by atoms with Gasteiger partial charge in [0.1, 0.15) is 5.75 Å². The summed E-state index contributed by atoms with van der Waals surface area (Å²) < 4.78 is 5.57. The van der Waals surface area contributed by atoms with Gasteiger partial charge in [0.2, 0.25) is 0 Å². The van der Waals surface area contributed by atoms with E-state index in [1.807, 2.05) is 6.07 Å². The van der Waals surface area contributed by atoms with Crippen LogP contribution in [0.4, 0.5) is 5.69 Å². The van der Waals surface area contributed by atoms with Gasteiger partial charge in [-0.05, 0) is 67.1 Å². The van der Waals surface area contributed by atoms with E-state index in [1.54, 1.807) is 72.8 Å². The number of ether oxygens (including phenoxy) is 1. The molecule has 0 atom stereocenters. The van der Waals surface area contributed by atoms with E-state index < -0.39 is 11.8 Å². The van der Waals surface area contributed by atoms with Gasteiger partial charge in [0.25, 0.3) is 17.7 Å². The molecule has 0 aliphatic rings. The maximum Gasteiger partial charge on any atom is 0.269 e. The van der Waals surface area contributed by atoms with E-state index in [9.17, 15) is 14.4 Å². The molecular formula is C25H25N3O4. The van der Waals surface area contributed by atoms with Crippen LogP contribution in [0.3, 0.4) is 0 Å². The monoisotopic (exact) mass is 431 g/mol. The molecule has 7 nitrogen and oxygen atoms in total. The Bertz CT molecular complexity index is 1050. The summed E-state index contributed by atoms with van der Waals surface area (Å²) in [6, 6.07) is 21.9. The molecule has 0 saturated heterocycles. The molecular weight excluding hydrogens is 406 g/mol. The molecule has 0 bridgehead atoms. The van der Waals surface area contributed by atoms with E-state index in [-0.39, 0.29) is 5.91 Å². The van der Waals surface area contributed by atoms with E-state index in [0.717, 1.165) is 12.8 Å². The lowest BCUT2D eigenvalue weighted by atomic mass is 10.1. The van der Waals surface area contributed by atoms with Crippen LogP contribution in [0.5, 0.6) is 5.75 Å². The van der Waals surface area contributed by atoms with Crippen molar-refractivity contribution >= 4 is 23.4 Å². The van der Waals surface area contributed by atoms with Gasteiger partial charge in [-0.3, -0.25) is 25.2 Å². The minimum absolute atomic E-state index is 0.239. The molecule has 0 aliphatic heterocycles. The standard InChI is InChI=1S/C25H25N3O4/c1-2-3-17-32-22-15-11-20(12-16-22)25(31)28-27-24(30)19-9-13-21(14-10-19)26-23(29)18-7-5-4-6-8-18/h4-16H,2-3,17H2,1H3,(H,26,29)(H,27,30)(H,28,31). The number of benzene rings is 3. The first-order chi connectivity index (χ1) is 15.6. The van der Waals surface area contributed by atoms with E-state index in [1.165, 1.54) is 0 Å². The second-order valence-electron chi connectivity index (χ2n) is 7.03. The van der Waals surface area contributed by atoms with Crippen LogP contribution in [0.2, 0.25) is 0 Å². The van der Waals surface area contributed by atoms with Crippen molar-refractivity contribution < 1.29 is 19.1 Å². The van der Waals surface area contributed by atoms with Gasteiger partial charge >= 0.3 is 0 Å². The third-order valence-corrected chi connectivity index (χ3v) is 4.61. The maximum absolute atomic E-state index is 12.3. The fourth-order valence-corrected chi connectivity index (χ4v) is 2.79. The third-order valence-electron chi connectivity index (χ3n) is 4.61. The first-order valence-corrected chi connectivity index (χ1v) is 10.4. The highest BCUT2D eigenvalue weighted by molar-refractivity contribution is 6.04. The first kappa shape index (κ1) is 22.6. The van der Waals surface area contributed by atoms with Gasteiger partial charge in [-0.2, -0.15) is 0 Å². The highest BCUT2D eigenvalue weighted by atomic mass is 16.5.